The molecule has 0 unspecified atom stereocenters. The molecule has 2 aliphatic rings. The minimum atomic E-state index is -0.831. The number of carboxylic acid groups (broad SMARTS) is 1. The molecular weight excluding hydrogens is 308 g/mol. The van der Waals surface area contributed by atoms with Gasteiger partial charge in [0, 0.05) is 31.1 Å². The van der Waals surface area contributed by atoms with Gasteiger partial charge in [0.1, 0.15) is 0 Å². The van der Waals surface area contributed by atoms with E-state index in [-0.39, 0.29) is 24.4 Å². The van der Waals surface area contributed by atoms with Gasteiger partial charge in [-0.2, -0.15) is 0 Å². The Morgan fingerprint density at radius 2 is 1.96 bits per heavy atom. The molecule has 2 heterocycles. The zero-order valence-corrected chi connectivity index (χ0v) is 14.2. The summed E-state index contributed by atoms with van der Waals surface area (Å²) in [5, 5.41) is 9.08. The second-order valence-corrected chi connectivity index (χ2v) is 6.90. The van der Waals surface area contributed by atoms with E-state index in [9.17, 15) is 9.59 Å². The van der Waals surface area contributed by atoms with Crippen LogP contribution < -0.4 is 0 Å². The predicted molar refractivity (Wildman–Crippen MR) is 89.1 cm³/mol. The Morgan fingerprint density at radius 3 is 2.67 bits per heavy atom. The number of fused-ring (bicyclic) bond motifs is 3. The Labute approximate surface area is 142 Å². The molecule has 1 N–H and O–H groups in total. The number of carbonyl (C=O) groups is 2. The standard InChI is InChI=1S/C18H24N2O4/c1-12-3-4-15(5-13(12)2)18(23)20-7-14-6-19(9-17(21)22)8-16(20)11-24-10-14/h3-5,14,16H,6-11H2,1-2H3,(H,21,22)/t14-,16-/m0/s1. The molecule has 1 aromatic rings. The van der Waals surface area contributed by atoms with Gasteiger partial charge in [0.25, 0.3) is 5.91 Å². The van der Waals surface area contributed by atoms with E-state index in [1.807, 2.05) is 41.8 Å². The fourth-order valence-electron chi connectivity index (χ4n) is 3.55. The van der Waals surface area contributed by atoms with E-state index in [0.29, 0.717) is 38.4 Å². The van der Waals surface area contributed by atoms with Crippen molar-refractivity contribution in [1.29, 1.82) is 0 Å². The van der Waals surface area contributed by atoms with Crippen LogP contribution in [-0.2, 0) is 9.53 Å². The highest BCUT2D eigenvalue weighted by molar-refractivity contribution is 5.94. The molecule has 1 aromatic carbocycles. The Hall–Kier alpha value is -1.92. The number of ether oxygens (including phenoxy) is 1. The Morgan fingerprint density at radius 1 is 1.17 bits per heavy atom. The van der Waals surface area contributed by atoms with E-state index >= 15 is 0 Å². The van der Waals surface area contributed by atoms with Gasteiger partial charge in [-0.05, 0) is 37.1 Å². The lowest BCUT2D eigenvalue weighted by Gasteiger charge is -2.30. The number of amides is 1. The van der Waals surface area contributed by atoms with Crippen LogP contribution in [0.2, 0.25) is 0 Å². The first kappa shape index (κ1) is 16.9. The minimum Gasteiger partial charge on any atom is -0.480 e. The zero-order valence-electron chi connectivity index (χ0n) is 14.2. The van der Waals surface area contributed by atoms with Crippen LogP contribution in [-0.4, -0.2) is 72.2 Å². The van der Waals surface area contributed by atoms with Gasteiger partial charge < -0.3 is 14.7 Å². The van der Waals surface area contributed by atoms with Gasteiger partial charge in [-0.15, -0.1) is 0 Å². The van der Waals surface area contributed by atoms with Crippen molar-refractivity contribution >= 4 is 11.9 Å². The molecule has 0 aliphatic carbocycles. The lowest BCUT2D eigenvalue weighted by molar-refractivity contribution is -0.138. The summed E-state index contributed by atoms with van der Waals surface area (Å²) in [5.41, 5.74) is 2.95. The lowest BCUT2D eigenvalue weighted by atomic mass is 10.0. The van der Waals surface area contributed by atoms with Crippen LogP contribution in [0, 0.1) is 19.8 Å². The van der Waals surface area contributed by atoms with Crippen molar-refractivity contribution in [2.45, 2.75) is 19.9 Å². The van der Waals surface area contributed by atoms with Crippen LogP contribution >= 0.6 is 0 Å². The van der Waals surface area contributed by atoms with Crippen LogP contribution in [0.25, 0.3) is 0 Å². The monoisotopic (exact) mass is 332 g/mol. The van der Waals surface area contributed by atoms with Crippen LogP contribution in [0.3, 0.4) is 0 Å². The van der Waals surface area contributed by atoms with Gasteiger partial charge in [-0.25, -0.2) is 0 Å². The molecule has 0 aromatic heterocycles. The molecule has 6 nitrogen and oxygen atoms in total. The number of aliphatic carboxylic acids is 1. The molecule has 0 spiro atoms. The maximum absolute atomic E-state index is 13.0. The molecule has 2 bridgehead atoms. The number of carboxylic acids is 1. The van der Waals surface area contributed by atoms with Crippen molar-refractivity contribution < 1.29 is 19.4 Å². The van der Waals surface area contributed by atoms with E-state index in [4.69, 9.17) is 9.84 Å². The molecular formula is C18H24N2O4. The quantitative estimate of drug-likeness (QED) is 0.899. The smallest absolute Gasteiger partial charge is 0.317 e. The van der Waals surface area contributed by atoms with Gasteiger partial charge >= 0.3 is 5.97 Å². The maximum atomic E-state index is 13.0. The second kappa shape index (κ2) is 6.91. The molecule has 0 saturated carbocycles. The summed E-state index contributed by atoms with van der Waals surface area (Å²) < 4.78 is 5.71. The van der Waals surface area contributed by atoms with E-state index in [1.165, 1.54) is 0 Å². The zero-order chi connectivity index (χ0) is 17.3. The molecule has 2 atom stereocenters. The Kier molecular flexibility index (Phi) is 4.87. The SMILES string of the molecule is Cc1ccc(C(=O)N2C[C@H]3COC[C@@H]2CN(CC(=O)O)C3)cc1C. The first-order valence-electron chi connectivity index (χ1n) is 8.34. The molecule has 2 aliphatic heterocycles. The normalized spacial score (nSPS) is 24.5. The van der Waals surface area contributed by atoms with Gasteiger partial charge in [0.2, 0.25) is 0 Å². The summed E-state index contributed by atoms with van der Waals surface area (Å²) in [5.74, 6) is -0.675. The molecule has 6 heteroatoms. The van der Waals surface area contributed by atoms with Gasteiger partial charge in [0.15, 0.2) is 0 Å². The fourth-order valence-corrected chi connectivity index (χ4v) is 3.55. The average Bonchev–Trinajstić information content (AvgIpc) is 2.79. The van der Waals surface area contributed by atoms with Crippen LogP contribution in [0.4, 0.5) is 0 Å². The van der Waals surface area contributed by atoms with Crippen molar-refractivity contribution in [2.24, 2.45) is 5.92 Å². The first-order valence-corrected chi connectivity index (χ1v) is 8.34. The third-order valence-corrected chi connectivity index (χ3v) is 4.92. The molecule has 130 valence electrons. The topological polar surface area (TPSA) is 70.1 Å². The average molecular weight is 332 g/mol. The van der Waals surface area contributed by atoms with Gasteiger partial charge in [0.05, 0.1) is 25.8 Å². The van der Waals surface area contributed by atoms with Crippen molar-refractivity contribution in [3.05, 3.63) is 34.9 Å². The number of rotatable bonds is 3. The van der Waals surface area contributed by atoms with Crippen molar-refractivity contribution in [1.82, 2.24) is 9.80 Å². The number of aryl methyl sites for hydroxylation is 2. The predicted octanol–water partition coefficient (Wildman–Crippen LogP) is 1.16. The van der Waals surface area contributed by atoms with E-state index < -0.39 is 5.97 Å². The summed E-state index contributed by atoms with van der Waals surface area (Å²) >= 11 is 0. The van der Waals surface area contributed by atoms with Crippen molar-refractivity contribution in [3.63, 3.8) is 0 Å². The molecule has 24 heavy (non-hydrogen) atoms. The minimum absolute atomic E-state index is 0.00998. The summed E-state index contributed by atoms with van der Waals surface area (Å²) in [6.45, 7) is 6.89. The fraction of sp³-hybridized carbons (Fsp3) is 0.556. The number of hydrogen-bond donors (Lipinski definition) is 1. The third kappa shape index (κ3) is 3.60. The molecule has 2 saturated heterocycles. The highest BCUT2D eigenvalue weighted by Crippen LogP contribution is 2.22. The molecule has 3 rings (SSSR count). The van der Waals surface area contributed by atoms with Crippen LogP contribution in [0.5, 0.6) is 0 Å². The molecule has 2 fully saturated rings. The number of carbonyl (C=O) groups excluding carboxylic acids is 1. The lowest BCUT2D eigenvalue weighted by Crippen LogP contribution is -2.47. The summed E-state index contributed by atoms with van der Waals surface area (Å²) in [6.07, 6.45) is 0. The van der Waals surface area contributed by atoms with E-state index in [1.54, 1.807) is 0 Å². The third-order valence-electron chi connectivity index (χ3n) is 4.92. The Balaban J connectivity index is 1.83. The summed E-state index contributed by atoms with van der Waals surface area (Å²) in [7, 11) is 0. The second-order valence-electron chi connectivity index (χ2n) is 6.90. The largest absolute Gasteiger partial charge is 0.480 e. The van der Waals surface area contributed by atoms with Gasteiger partial charge in [-0.3, -0.25) is 14.5 Å². The maximum Gasteiger partial charge on any atom is 0.317 e. The highest BCUT2D eigenvalue weighted by atomic mass is 16.5. The number of benzene rings is 1. The molecule has 0 radical (unpaired) electrons. The van der Waals surface area contributed by atoms with Crippen molar-refractivity contribution in [3.8, 4) is 0 Å². The number of hydrogen-bond acceptors (Lipinski definition) is 4. The van der Waals surface area contributed by atoms with Crippen LogP contribution in [0.15, 0.2) is 18.2 Å². The first-order chi connectivity index (χ1) is 11.4. The van der Waals surface area contributed by atoms with E-state index in [2.05, 4.69) is 0 Å². The van der Waals surface area contributed by atoms with Crippen LogP contribution in [0.1, 0.15) is 21.5 Å². The highest BCUT2D eigenvalue weighted by Gasteiger charge is 2.36. The summed E-state index contributed by atoms with van der Waals surface area (Å²) in [6, 6.07) is 5.67. The molecule has 1 amide bonds. The van der Waals surface area contributed by atoms with Gasteiger partial charge in [-0.1, -0.05) is 6.07 Å². The van der Waals surface area contributed by atoms with E-state index in [0.717, 1.165) is 11.1 Å². The van der Waals surface area contributed by atoms with Crippen molar-refractivity contribution in [2.75, 3.05) is 39.4 Å². The summed E-state index contributed by atoms with van der Waals surface area (Å²) in [4.78, 5) is 27.9. The number of nitrogens with zero attached hydrogens (tertiary/aromatic N) is 2. The Bertz CT molecular complexity index is 646.